The molecule has 0 amide bonds. The molecule has 26 heavy (non-hydrogen) atoms. The van der Waals surface area contributed by atoms with Crippen LogP contribution in [-0.4, -0.2) is 19.5 Å². The lowest BCUT2D eigenvalue weighted by molar-refractivity contribution is -0.140. The average molecular weight is 428 g/mol. The molecule has 0 atom stereocenters. The normalized spacial score (nSPS) is 11.6. The summed E-state index contributed by atoms with van der Waals surface area (Å²) in [5, 5.41) is 3.05. The fraction of sp³-hybridized carbons (Fsp3) is 0.188. The first-order valence-electron chi connectivity index (χ1n) is 7.42. The summed E-state index contributed by atoms with van der Waals surface area (Å²) < 4.78 is 40.3. The van der Waals surface area contributed by atoms with Gasteiger partial charge in [0.1, 0.15) is 11.6 Å². The van der Waals surface area contributed by atoms with E-state index >= 15 is 0 Å². The van der Waals surface area contributed by atoms with E-state index in [0.29, 0.717) is 22.4 Å². The number of nitrogens with zero attached hydrogens (tertiary/aromatic N) is 3. The number of hydrogen-bond donors (Lipinski definition) is 2. The Kier molecular flexibility index (Phi) is 4.86. The van der Waals surface area contributed by atoms with E-state index in [1.807, 2.05) is 0 Å². The van der Waals surface area contributed by atoms with E-state index in [2.05, 4.69) is 36.2 Å². The summed E-state index contributed by atoms with van der Waals surface area (Å²) in [6.45, 7) is 0.410. The number of halogens is 4. The molecule has 136 valence electrons. The largest absolute Gasteiger partial charge is 0.434 e. The van der Waals surface area contributed by atoms with Crippen LogP contribution in [0.4, 0.5) is 19.0 Å². The lowest BCUT2D eigenvalue weighted by atomic mass is 10.1. The maximum atomic E-state index is 12.8. The van der Waals surface area contributed by atoms with Crippen LogP contribution in [0.5, 0.6) is 0 Å². The highest BCUT2D eigenvalue weighted by Crippen LogP contribution is 2.30. The van der Waals surface area contributed by atoms with Gasteiger partial charge in [-0.15, -0.1) is 0 Å². The zero-order chi connectivity index (χ0) is 18.9. The summed E-state index contributed by atoms with van der Waals surface area (Å²) in [5.41, 5.74) is 0.0577. The molecule has 1 aromatic carbocycles. The van der Waals surface area contributed by atoms with Crippen molar-refractivity contribution in [1.29, 1.82) is 0 Å². The van der Waals surface area contributed by atoms with Gasteiger partial charge in [-0.2, -0.15) is 13.2 Å². The number of alkyl halides is 3. The van der Waals surface area contributed by atoms with Crippen LogP contribution in [0.3, 0.4) is 0 Å². The third-order valence-corrected chi connectivity index (χ3v) is 4.22. The number of anilines is 1. The molecule has 0 aliphatic heterocycles. The molecule has 0 radical (unpaired) electrons. The van der Waals surface area contributed by atoms with Crippen molar-refractivity contribution in [2.75, 3.05) is 5.32 Å². The zero-order valence-electron chi connectivity index (χ0n) is 13.4. The van der Waals surface area contributed by atoms with Gasteiger partial charge in [0.25, 0.3) is 0 Å². The fourth-order valence-electron chi connectivity index (χ4n) is 2.34. The van der Waals surface area contributed by atoms with Gasteiger partial charge in [0.2, 0.25) is 0 Å². The van der Waals surface area contributed by atoms with Crippen molar-refractivity contribution in [1.82, 2.24) is 19.5 Å². The number of H-pyrrole nitrogens is 1. The highest BCUT2D eigenvalue weighted by molar-refractivity contribution is 9.10. The Morgan fingerprint density at radius 3 is 2.58 bits per heavy atom. The SMILES string of the molecule is Cn1cc(C(F)(F)F)nc1-c1ccc(CNc2[nH]c(=O)ncc2Br)cc1. The molecule has 6 nitrogen and oxygen atoms in total. The van der Waals surface area contributed by atoms with E-state index in [-0.39, 0.29) is 5.82 Å². The first kappa shape index (κ1) is 18.2. The van der Waals surface area contributed by atoms with Gasteiger partial charge in [0.15, 0.2) is 5.69 Å². The molecule has 0 fully saturated rings. The maximum Gasteiger partial charge on any atom is 0.434 e. The summed E-state index contributed by atoms with van der Waals surface area (Å²) in [5.74, 6) is 0.728. The molecule has 0 saturated carbocycles. The first-order valence-corrected chi connectivity index (χ1v) is 8.22. The Morgan fingerprint density at radius 1 is 1.27 bits per heavy atom. The molecule has 10 heteroatoms. The minimum absolute atomic E-state index is 0.234. The predicted molar refractivity (Wildman–Crippen MR) is 93.5 cm³/mol. The molecule has 3 aromatic rings. The second-order valence-corrected chi connectivity index (χ2v) is 6.37. The van der Waals surface area contributed by atoms with Gasteiger partial charge < -0.3 is 9.88 Å². The summed E-state index contributed by atoms with van der Waals surface area (Å²) in [4.78, 5) is 21.1. The Bertz CT molecular complexity index is 979. The molecule has 3 rings (SSSR count). The van der Waals surface area contributed by atoms with E-state index in [0.717, 1.165) is 11.8 Å². The van der Waals surface area contributed by atoms with E-state index in [9.17, 15) is 18.0 Å². The number of aryl methyl sites for hydroxylation is 1. The second-order valence-electron chi connectivity index (χ2n) is 5.52. The number of rotatable bonds is 4. The van der Waals surface area contributed by atoms with Crippen LogP contribution in [0.1, 0.15) is 11.3 Å². The molecule has 0 spiro atoms. The van der Waals surface area contributed by atoms with Crippen LogP contribution in [0.2, 0.25) is 0 Å². The van der Waals surface area contributed by atoms with Gasteiger partial charge in [-0.1, -0.05) is 24.3 Å². The summed E-state index contributed by atoms with van der Waals surface area (Å²) in [6.07, 6.45) is -2.12. The van der Waals surface area contributed by atoms with Crippen LogP contribution in [0.25, 0.3) is 11.4 Å². The van der Waals surface area contributed by atoms with Crippen molar-refractivity contribution < 1.29 is 13.2 Å². The van der Waals surface area contributed by atoms with Crippen LogP contribution in [-0.2, 0) is 19.8 Å². The molecule has 0 unspecified atom stereocenters. The number of aromatic amines is 1. The smallest absolute Gasteiger partial charge is 0.366 e. The lowest BCUT2D eigenvalue weighted by Crippen LogP contribution is -2.13. The minimum atomic E-state index is -4.48. The van der Waals surface area contributed by atoms with E-state index < -0.39 is 17.6 Å². The summed E-state index contributed by atoms with van der Waals surface area (Å²) in [7, 11) is 1.52. The van der Waals surface area contributed by atoms with Crippen molar-refractivity contribution in [2.45, 2.75) is 12.7 Å². The standard InChI is InChI=1S/C16H13BrF3N5O/c1-25-8-12(16(18,19)20)23-14(25)10-4-2-9(3-5-10)6-21-13-11(17)7-22-15(26)24-13/h2-5,7-8H,6H2,1H3,(H2,21,22,24,26). The number of nitrogens with one attached hydrogen (secondary N) is 2. The fourth-order valence-corrected chi connectivity index (χ4v) is 2.68. The van der Waals surface area contributed by atoms with Crippen molar-refractivity contribution >= 4 is 21.7 Å². The van der Waals surface area contributed by atoms with Crippen molar-refractivity contribution in [3.05, 3.63) is 62.9 Å². The van der Waals surface area contributed by atoms with E-state index in [1.165, 1.54) is 17.8 Å². The van der Waals surface area contributed by atoms with E-state index in [4.69, 9.17) is 0 Å². The first-order chi connectivity index (χ1) is 12.2. The average Bonchev–Trinajstić information content (AvgIpc) is 2.98. The minimum Gasteiger partial charge on any atom is -0.366 e. The Hall–Kier alpha value is -2.62. The highest BCUT2D eigenvalue weighted by atomic mass is 79.9. The van der Waals surface area contributed by atoms with Gasteiger partial charge in [-0.25, -0.2) is 14.8 Å². The number of aromatic nitrogens is 4. The molecular weight excluding hydrogens is 415 g/mol. The van der Waals surface area contributed by atoms with Gasteiger partial charge in [-0.3, -0.25) is 4.98 Å². The quantitative estimate of drug-likeness (QED) is 0.667. The van der Waals surface area contributed by atoms with Gasteiger partial charge in [-0.05, 0) is 21.5 Å². The summed E-state index contributed by atoms with van der Waals surface area (Å²) >= 11 is 3.27. The number of hydrogen-bond acceptors (Lipinski definition) is 4. The Labute approximate surface area is 154 Å². The van der Waals surface area contributed by atoms with Gasteiger partial charge in [0.05, 0.1) is 10.7 Å². The van der Waals surface area contributed by atoms with Crippen molar-refractivity contribution in [2.24, 2.45) is 7.05 Å². The summed E-state index contributed by atoms with van der Waals surface area (Å²) in [6, 6.07) is 6.95. The lowest BCUT2D eigenvalue weighted by Gasteiger charge is -2.08. The third-order valence-electron chi connectivity index (χ3n) is 3.61. The molecule has 0 bridgehead atoms. The second kappa shape index (κ2) is 6.94. The predicted octanol–water partition coefficient (Wildman–Crippen LogP) is 3.56. The molecule has 2 heterocycles. The van der Waals surface area contributed by atoms with Gasteiger partial charge >= 0.3 is 11.9 Å². The molecule has 0 saturated heterocycles. The number of benzene rings is 1. The third kappa shape index (κ3) is 3.96. The molecule has 2 aromatic heterocycles. The maximum absolute atomic E-state index is 12.8. The highest BCUT2D eigenvalue weighted by Gasteiger charge is 2.34. The number of imidazole rings is 1. The molecular formula is C16H13BrF3N5O. The monoisotopic (exact) mass is 427 g/mol. The topological polar surface area (TPSA) is 75.6 Å². The zero-order valence-corrected chi connectivity index (χ0v) is 15.0. The van der Waals surface area contributed by atoms with Crippen LogP contribution in [0.15, 0.2) is 45.9 Å². The Morgan fingerprint density at radius 2 is 1.96 bits per heavy atom. The van der Waals surface area contributed by atoms with Crippen molar-refractivity contribution in [3.8, 4) is 11.4 Å². The molecule has 2 N–H and O–H groups in total. The molecule has 0 aliphatic carbocycles. The molecule has 0 aliphatic rings. The van der Waals surface area contributed by atoms with Gasteiger partial charge in [0, 0.05) is 25.4 Å². The van der Waals surface area contributed by atoms with Crippen LogP contribution >= 0.6 is 15.9 Å². The van der Waals surface area contributed by atoms with Crippen LogP contribution in [0, 0.1) is 0 Å². The Balaban J connectivity index is 1.76. The van der Waals surface area contributed by atoms with Crippen molar-refractivity contribution in [3.63, 3.8) is 0 Å². The van der Waals surface area contributed by atoms with Crippen LogP contribution < -0.4 is 11.0 Å². The van der Waals surface area contributed by atoms with E-state index in [1.54, 1.807) is 24.3 Å².